The van der Waals surface area contributed by atoms with E-state index in [4.69, 9.17) is 22.3 Å². The van der Waals surface area contributed by atoms with Gasteiger partial charge in [0, 0.05) is 33.7 Å². The van der Waals surface area contributed by atoms with Crippen molar-refractivity contribution < 1.29 is 24.3 Å². The number of likely N-dealkylation sites (N-methyl/N-ethyl adjacent to an activating group) is 1. The largest absolute Gasteiger partial charge is 0.480 e. The van der Waals surface area contributed by atoms with E-state index in [0.29, 0.717) is 39.1 Å². The van der Waals surface area contributed by atoms with Crippen molar-refractivity contribution >= 4 is 80.0 Å². The second kappa shape index (κ2) is 18.9. The molecule has 3 atom stereocenters. The van der Waals surface area contributed by atoms with Crippen molar-refractivity contribution in [2.45, 2.75) is 50.2 Å². The average Bonchev–Trinajstić information content (AvgIpc) is 3.63. The molecule has 0 saturated carbocycles. The number of hydrogen-bond acceptors (Lipinski definition) is 12. The van der Waals surface area contributed by atoms with Crippen molar-refractivity contribution in [1.82, 2.24) is 30.8 Å². The molecule has 14 nitrogen and oxygen atoms in total. The third-order valence-corrected chi connectivity index (χ3v) is 10.9. The van der Waals surface area contributed by atoms with Crippen LogP contribution in [0.3, 0.4) is 0 Å². The van der Waals surface area contributed by atoms with Gasteiger partial charge in [0.2, 0.25) is 18.0 Å². The van der Waals surface area contributed by atoms with Crippen molar-refractivity contribution in [3.63, 3.8) is 0 Å². The van der Waals surface area contributed by atoms with E-state index < -0.39 is 48.5 Å². The number of carboxylic acid groups (broad SMARTS) is 1. The molecule has 2 heterocycles. The minimum absolute atomic E-state index is 0.0331. The molecular weight excluding hydrogens is 710 g/mol. The molecule has 49 heavy (non-hydrogen) atoms. The summed E-state index contributed by atoms with van der Waals surface area (Å²) in [4.78, 5) is 60.1. The van der Waals surface area contributed by atoms with Crippen LogP contribution < -0.4 is 16.0 Å². The first kappa shape index (κ1) is 39.8. The fourth-order valence-corrected chi connectivity index (χ4v) is 7.48. The quantitative estimate of drug-likeness (QED) is 0.186. The molecule has 0 radical (unpaired) electrons. The fourth-order valence-electron chi connectivity index (χ4n) is 4.42. The number of H-pyrrole nitrogens is 1. The summed E-state index contributed by atoms with van der Waals surface area (Å²) in [6.45, 7) is 5.68. The molecule has 264 valence electrons. The topological polar surface area (TPSA) is 200 Å². The number of nitrogens with zero attached hydrogens (tertiary/aromatic N) is 6. The van der Waals surface area contributed by atoms with Crippen molar-refractivity contribution in [2.24, 2.45) is 10.7 Å². The van der Waals surface area contributed by atoms with Gasteiger partial charge in [-0.3, -0.25) is 19.3 Å². The summed E-state index contributed by atoms with van der Waals surface area (Å²) in [6, 6.07) is 12.0. The summed E-state index contributed by atoms with van der Waals surface area (Å²) in [6.07, 6.45) is 2.09. The van der Waals surface area contributed by atoms with Crippen LogP contribution in [-0.2, 0) is 19.2 Å². The number of thioether (sulfide) groups is 1. The van der Waals surface area contributed by atoms with Crippen LogP contribution in [0.2, 0.25) is 5.02 Å². The maximum absolute atomic E-state index is 14.3. The molecule has 0 fully saturated rings. The number of aromatic nitrogens is 4. The number of benzene rings is 2. The Morgan fingerprint density at radius 2 is 1.90 bits per heavy atom. The Hall–Kier alpha value is -3.64. The van der Waals surface area contributed by atoms with Crippen LogP contribution in [0.25, 0.3) is 0 Å². The number of aliphatic carboxylic acids is 1. The standard InChI is InChI=1S/C30H38ClN5O5S3.CH2N4/c1-30(2,3)44-43-17-21(32)27(38)35(4)26-28(39)36(16-24(37)33-22(29(40)41)13-14-42-5)23-12-11-19(31)15-20(23)25(34-26)18-9-7-6-8-10-18;1-2-4-5-3-1/h6-12,15,21-22,26H,13-14,16-17,32H2,1-5H3,(H,33,37)(H,40,41);1H,(H,2,3,4,5)/t21?,22-,26?;/m0./s1. The van der Waals surface area contributed by atoms with E-state index in [1.54, 1.807) is 29.0 Å². The van der Waals surface area contributed by atoms with E-state index in [1.165, 1.54) is 45.7 Å². The molecule has 2 aromatic carbocycles. The van der Waals surface area contributed by atoms with Gasteiger partial charge in [-0.1, -0.05) is 84.3 Å². The lowest BCUT2D eigenvalue weighted by atomic mass is 10.00. The number of halogens is 1. The van der Waals surface area contributed by atoms with Crippen LogP contribution >= 0.6 is 45.0 Å². The van der Waals surface area contributed by atoms with E-state index in [1.807, 2.05) is 36.6 Å². The van der Waals surface area contributed by atoms with Gasteiger partial charge < -0.3 is 21.1 Å². The molecule has 18 heteroatoms. The molecular formula is C31H40ClN9O5S3. The normalized spacial score (nSPS) is 15.5. The molecule has 1 aromatic heterocycles. The van der Waals surface area contributed by atoms with Crippen molar-refractivity contribution in [2.75, 3.05) is 36.3 Å². The second-order valence-electron chi connectivity index (χ2n) is 11.6. The Labute approximate surface area is 302 Å². The van der Waals surface area contributed by atoms with Crippen LogP contribution in [0.4, 0.5) is 5.69 Å². The smallest absolute Gasteiger partial charge is 0.326 e. The van der Waals surface area contributed by atoms with Gasteiger partial charge in [-0.2, -0.15) is 11.8 Å². The number of carbonyl (C=O) groups is 4. The molecule has 3 amide bonds. The van der Waals surface area contributed by atoms with Crippen LogP contribution in [-0.4, -0.2) is 114 Å². The van der Waals surface area contributed by atoms with E-state index >= 15 is 0 Å². The summed E-state index contributed by atoms with van der Waals surface area (Å²) >= 11 is 7.87. The molecule has 0 saturated heterocycles. The first-order chi connectivity index (χ1) is 23.2. The minimum atomic E-state index is -1.37. The van der Waals surface area contributed by atoms with Gasteiger partial charge in [0.25, 0.3) is 5.91 Å². The molecule has 0 spiro atoms. The van der Waals surface area contributed by atoms with E-state index in [-0.39, 0.29) is 11.2 Å². The SMILES string of the molecule is CSCC[C@H](NC(=O)CN1C(=O)C(N(C)C(=O)C(N)CSSC(C)(C)C)N=C(c2ccccc2)c2cc(Cl)ccc21)C(=O)O.c1nnn[nH]1. The predicted molar refractivity (Wildman–Crippen MR) is 197 cm³/mol. The van der Waals surface area contributed by atoms with Gasteiger partial charge in [0.05, 0.1) is 17.4 Å². The molecule has 5 N–H and O–H groups in total. The Morgan fingerprint density at radius 3 is 2.47 bits per heavy atom. The highest BCUT2D eigenvalue weighted by molar-refractivity contribution is 8.77. The molecule has 4 rings (SSSR count). The summed E-state index contributed by atoms with van der Waals surface area (Å²) < 4.78 is -0.0331. The van der Waals surface area contributed by atoms with Crippen LogP contribution in [0.1, 0.15) is 38.3 Å². The van der Waals surface area contributed by atoms with Crippen molar-refractivity contribution in [1.29, 1.82) is 0 Å². The lowest BCUT2D eigenvalue weighted by Gasteiger charge is -2.30. The van der Waals surface area contributed by atoms with Gasteiger partial charge in [-0.25, -0.2) is 14.9 Å². The van der Waals surface area contributed by atoms with Gasteiger partial charge >= 0.3 is 5.97 Å². The average molecular weight is 750 g/mol. The second-order valence-corrected chi connectivity index (χ2v) is 16.2. The molecule has 1 aliphatic heterocycles. The zero-order valence-corrected chi connectivity index (χ0v) is 30.9. The summed E-state index contributed by atoms with van der Waals surface area (Å²) in [5, 5.41) is 24.6. The predicted octanol–water partition coefficient (Wildman–Crippen LogP) is 3.34. The molecule has 0 aliphatic carbocycles. The lowest BCUT2D eigenvalue weighted by Crippen LogP contribution is -2.55. The van der Waals surface area contributed by atoms with Crippen molar-refractivity contribution in [3.8, 4) is 0 Å². The number of aromatic amines is 1. The Morgan fingerprint density at radius 1 is 1.18 bits per heavy atom. The van der Waals surface area contributed by atoms with Gasteiger partial charge in [-0.15, -0.1) is 5.10 Å². The number of tetrazole rings is 1. The molecule has 1 aliphatic rings. The van der Waals surface area contributed by atoms with Gasteiger partial charge in [0.15, 0.2) is 0 Å². The van der Waals surface area contributed by atoms with E-state index in [2.05, 4.69) is 46.7 Å². The number of benzodiazepines with no additional fused rings is 1. The zero-order valence-electron chi connectivity index (χ0n) is 27.7. The molecule has 3 aromatic rings. The number of aliphatic imine (C=N–C) groups is 1. The number of amides is 3. The van der Waals surface area contributed by atoms with Gasteiger partial charge in [0.1, 0.15) is 18.9 Å². The third kappa shape index (κ3) is 12.0. The maximum atomic E-state index is 14.3. The van der Waals surface area contributed by atoms with Crippen molar-refractivity contribution in [3.05, 3.63) is 71.0 Å². The highest BCUT2D eigenvalue weighted by atomic mass is 35.5. The summed E-state index contributed by atoms with van der Waals surface area (Å²) in [5.74, 6) is -2.14. The third-order valence-electron chi connectivity index (χ3n) is 6.69. The number of rotatable bonds is 13. The summed E-state index contributed by atoms with van der Waals surface area (Å²) in [7, 11) is 4.54. The first-order valence-electron chi connectivity index (χ1n) is 15.0. The highest BCUT2D eigenvalue weighted by Gasteiger charge is 2.38. The van der Waals surface area contributed by atoms with E-state index in [0.717, 1.165) is 0 Å². The van der Waals surface area contributed by atoms with Crippen LogP contribution in [0.15, 0.2) is 59.9 Å². The minimum Gasteiger partial charge on any atom is -0.480 e. The zero-order chi connectivity index (χ0) is 36.1. The Bertz CT molecular complexity index is 1580. The van der Waals surface area contributed by atoms with Crippen LogP contribution in [0, 0.1) is 0 Å². The molecule has 0 bridgehead atoms. The number of carboxylic acids is 1. The number of hydrogen-bond donors (Lipinski definition) is 4. The lowest BCUT2D eigenvalue weighted by molar-refractivity contribution is -0.142. The molecule has 2 unspecified atom stereocenters. The number of carbonyl (C=O) groups excluding carboxylic acids is 3. The highest BCUT2D eigenvalue weighted by Crippen LogP contribution is 2.35. The monoisotopic (exact) mass is 749 g/mol. The maximum Gasteiger partial charge on any atom is 0.326 e. The summed E-state index contributed by atoms with van der Waals surface area (Å²) in [5.41, 5.74) is 8.19. The van der Waals surface area contributed by atoms with E-state index in [9.17, 15) is 24.3 Å². The number of nitrogens with two attached hydrogens (primary N) is 1. The number of anilines is 1. The van der Waals surface area contributed by atoms with Crippen LogP contribution in [0.5, 0.6) is 0 Å². The van der Waals surface area contributed by atoms with Gasteiger partial charge in [-0.05, 0) is 47.1 Å². The number of fused-ring (bicyclic) bond motifs is 1. The Kier molecular flexibility index (Phi) is 15.4. The fraction of sp³-hybridized carbons (Fsp3) is 0.419. The first-order valence-corrected chi connectivity index (χ1v) is 19.1. The number of nitrogens with one attached hydrogen (secondary N) is 2. The Balaban J connectivity index is 0.00000119.